The largest absolute Gasteiger partial charge is 0.366 e. The number of nitrogens with zero attached hydrogens (tertiary/aromatic N) is 4. The number of carbonyl (C=O) groups excluding carboxylic acids is 3. The van der Waals surface area contributed by atoms with Gasteiger partial charge in [0.15, 0.2) is 0 Å². The highest BCUT2D eigenvalue weighted by Gasteiger charge is 2.26. The third-order valence-corrected chi connectivity index (χ3v) is 8.06. The number of rotatable bonds is 6. The summed E-state index contributed by atoms with van der Waals surface area (Å²) in [5, 5.41) is 24.2. The highest BCUT2D eigenvalue weighted by Crippen LogP contribution is 2.30. The van der Waals surface area contributed by atoms with Crippen LogP contribution in [0.4, 0.5) is 11.4 Å². The molecule has 0 unspecified atom stereocenters. The minimum Gasteiger partial charge on any atom is -0.366 e. The maximum Gasteiger partial charge on any atom is 0.255 e. The fourth-order valence-corrected chi connectivity index (χ4v) is 5.50. The van der Waals surface area contributed by atoms with Gasteiger partial charge in [0, 0.05) is 55.0 Å². The first kappa shape index (κ1) is 29.3. The average molecular weight is 576 g/mol. The molecule has 4 N–H and O–H groups in total. The molecule has 0 aromatic heterocycles. The van der Waals surface area contributed by atoms with Crippen LogP contribution in [0.5, 0.6) is 0 Å². The molecule has 0 bridgehead atoms. The van der Waals surface area contributed by atoms with Crippen molar-refractivity contribution in [1.29, 1.82) is 10.5 Å². The van der Waals surface area contributed by atoms with Gasteiger partial charge in [0.2, 0.25) is 0 Å². The smallest absolute Gasteiger partial charge is 0.255 e. The van der Waals surface area contributed by atoms with E-state index in [0.717, 1.165) is 31.4 Å². The molecule has 10 nitrogen and oxygen atoms in total. The molecule has 43 heavy (non-hydrogen) atoms. The van der Waals surface area contributed by atoms with E-state index in [0.29, 0.717) is 59.7 Å². The van der Waals surface area contributed by atoms with Gasteiger partial charge >= 0.3 is 0 Å². The van der Waals surface area contributed by atoms with Gasteiger partial charge in [-0.25, -0.2) is 0 Å². The molecule has 1 saturated heterocycles. The normalized spacial score (nSPS) is 18.2. The molecule has 2 aliphatic rings. The Hall–Kier alpha value is -5.19. The molecule has 1 heterocycles. The second-order valence-electron chi connectivity index (χ2n) is 10.9. The van der Waals surface area contributed by atoms with Gasteiger partial charge in [-0.3, -0.25) is 14.4 Å². The fraction of sp³-hybridized carbons (Fsp3) is 0.303. The molecule has 218 valence electrons. The first-order valence-electron chi connectivity index (χ1n) is 14.4. The molecule has 1 saturated carbocycles. The van der Waals surface area contributed by atoms with E-state index < -0.39 is 0 Å². The van der Waals surface area contributed by atoms with Gasteiger partial charge < -0.3 is 26.2 Å². The van der Waals surface area contributed by atoms with Crippen molar-refractivity contribution < 1.29 is 14.4 Å². The number of hydrogen-bond acceptors (Lipinski definition) is 7. The van der Waals surface area contributed by atoms with Crippen LogP contribution in [-0.2, 0) is 0 Å². The van der Waals surface area contributed by atoms with Crippen LogP contribution in [0, 0.1) is 22.7 Å². The van der Waals surface area contributed by atoms with E-state index in [2.05, 4.69) is 21.6 Å². The number of amides is 3. The van der Waals surface area contributed by atoms with Gasteiger partial charge in [0.05, 0.1) is 34.6 Å². The minimum absolute atomic E-state index is 0.0605. The Labute approximate surface area is 250 Å². The van der Waals surface area contributed by atoms with Crippen LogP contribution in [0.1, 0.15) is 67.9 Å². The van der Waals surface area contributed by atoms with E-state index in [-0.39, 0.29) is 29.8 Å². The van der Waals surface area contributed by atoms with Crippen molar-refractivity contribution in [2.45, 2.75) is 37.8 Å². The van der Waals surface area contributed by atoms with E-state index in [9.17, 15) is 14.4 Å². The van der Waals surface area contributed by atoms with Gasteiger partial charge in [-0.05, 0) is 92.4 Å². The first-order chi connectivity index (χ1) is 20.8. The lowest BCUT2D eigenvalue weighted by Gasteiger charge is -2.37. The number of nitrogens with one attached hydrogen (secondary N) is 2. The second kappa shape index (κ2) is 13.2. The Morgan fingerprint density at radius 1 is 0.721 bits per heavy atom. The fourth-order valence-electron chi connectivity index (χ4n) is 5.50. The summed E-state index contributed by atoms with van der Waals surface area (Å²) >= 11 is 0. The van der Waals surface area contributed by atoms with Gasteiger partial charge in [-0.1, -0.05) is 0 Å². The average Bonchev–Trinajstić information content (AvgIpc) is 3.05. The van der Waals surface area contributed by atoms with E-state index in [1.807, 2.05) is 12.1 Å². The highest BCUT2D eigenvalue weighted by molar-refractivity contribution is 6.07. The van der Waals surface area contributed by atoms with Crippen LogP contribution in [0.25, 0.3) is 0 Å². The molecule has 3 amide bonds. The van der Waals surface area contributed by atoms with Crippen molar-refractivity contribution in [3.05, 3.63) is 94.5 Å². The predicted octanol–water partition coefficient (Wildman–Crippen LogP) is 3.64. The number of benzene rings is 3. The summed E-state index contributed by atoms with van der Waals surface area (Å²) < 4.78 is 0. The molecule has 1 aliphatic carbocycles. The van der Waals surface area contributed by atoms with Crippen molar-refractivity contribution in [3.63, 3.8) is 0 Å². The Bertz CT molecular complexity index is 1570. The third kappa shape index (κ3) is 7.00. The molecule has 10 heteroatoms. The summed E-state index contributed by atoms with van der Waals surface area (Å²) in [5.41, 5.74) is 9.54. The zero-order valence-electron chi connectivity index (χ0n) is 23.8. The van der Waals surface area contributed by atoms with E-state index in [4.69, 9.17) is 16.3 Å². The van der Waals surface area contributed by atoms with Crippen LogP contribution in [0.15, 0.2) is 66.7 Å². The lowest BCUT2D eigenvalue weighted by Crippen LogP contribution is -2.49. The molecule has 3 aromatic carbocycles. The molecule has 0 spiro atoms. The van der Waals surface area contributed by atoms with Crippen LogP contribution in [0.3, 0.4) is 0 Å². The number of hydrogen-bond donors (Lipinski definition) is 3. The third-order valence-electron chi connectivity index (χ3n) is 8.06. The first-order valence-corrected chi connectivity index (χ1v) is 14.4. The predicted molar refractivity (Wildman–Crippen MR) is 163 cm³/mol. The molecular weight excluding hydrogens is 542 g/mol. The van der Waals surface area contributed by atoms with Gasteiger partial charge in [-0.15, -0.1) is 0 Å². The zero-order chi connectivity index (χ0) is 30.3. The van der Waals surface area contributed by atoms with Gasteiger partial charge in [0.25, 0.3) is 17.7 Å². The van der Waals surface area contributed by atoms with Crippen molar-refractivity contribution in [2.75, 3.05) is 36.4 Å². The van der Waals surface area contributed by atoms with Crippen LogP contribution in [0.2, 0.25) is 0 Å². The monoisotopic (exact) mass is 575 g/mol. The Kier molecular flexibility index (Phi) is 8.99. The lowest BCUT2D eigenvalue weighted by molar-refractivity contribution is 0.0746. The van der Waals surface area contributed by atoms with Crippen LogP contribution < -0.4 is 21.3 Å². The van der Waals surface area contributed by atoms with Crippen molar-refractivity contribution in [3.8, 4) is 12.1 Å². The molecule has 5 rings (SSSR count). The summed E-state index contributed by atoms with van der Waals surface area (Å²) in [6, 6.07) is 22.6. The summed E-state index contributed by atoms with van der Waals surface area (Å²) in [6.07, 6.45) is 3.41. The van der Waals surface area contributed by atoms with Crippen molar-refractivity contribution in [1.82, 2.24) is 10.2 Å². The number of carbonyl (C=O) groups is 3. The highest BCUT2D eigenvalue weighted by atomic mass is 16.2. The van der Waals surface area contributed by atoms with Gasteiger partial charge in [-0.2, -0.15) is 10.5 Å². The lowest BCUT2D eigenvalue weighted by atomic mass is 9.91. The van der Waals surface area contributed by atoms with Crippen molar-refractivity contribution in [2.24, 2.45) is 5.73 Å². The van der Waals surface area contributed by atoms with Crippen LogP contribution in [-0.4, -0.2) is 60.9 Å². The van der Waals surface area contributed by atoms with E-state index in [1.165, 1.54) is 0 Å². The molecule has 2 fully saturated rings. The van der Waals surface area contributed by atoms with Crippen molar-refractivity contribution >= 4 is 29.1 Å². The Morgan fingerprint density at radius 3 is 1.86 bits per heavy atom. The molecule has 0 radical (unpaired) electrons. The topological polar surface area (TPSA) is 155 Å². The number of anilines is 2. The van der Waals surface area contributed by atoms with Gasteiger partial charge in [0.1, 0.15) is 0 Å². The second-order valence-corrected chi connectivity index (χ2v) is 10.9. The summed E-state index contributed by atoms with van der Waals surface area (Å²) in [6.45, 7) is 1.98. The van der Waals surface area contributed by atoms with E-state index in [1.54, 1.807) is 65.6 Å². The molecule has 1 aliphatic heterocycles. The number of nitrogens with two attached hydrogens (primary N) is 1. The standard InChI is InChI=1S/C33H33N7O3/c34-20-22-1-5-24(6-2-22)31(41)38-29-19-26(32(42)37-28-12-10-27(36)11-13-28)9-14-30(29)39-15-17-40(18-16-39)33(43)25-7-3-23(21-35)4-8-25/h1-9,14,19,27-28H,10-13,15-18,36H2,(H,37,42)(H,38,41). The van der Waals surface area contributed by atoms with E-state index >= 15 is 0 Å². The maximum absolute atomic E-state index is 13.2. The SMILES string of the molecule is N#Cc1ccc(C(=O)Nc2cc(C(=O)NC3CCC(N)CC3)ccc2N2CCN(C(=O)c3ccc(C#N)cc3)CC2)cc1. The Morgan fingerprint density at radius 2 is 1.28 bits per heavy atom. The summed E-state index contributed by atoms with van der Waals surface area (Å²) in [4.78, 5) is 43.3. The van der Waals surface area contributed by atoms with Crippen LogP contribution >= 0.6 is 0 Å². The summed E-state index contributed by atoms with van der Waals surface area (Å²) in [5.74, 6) is -0.674. The minimum atomic E-state index is -0.362. The Balaban J connectivity index is 1.33. The number of nitriles is 2. The molecule has 0 atom stereocenters. The summed E-state index contributed by atoms with van der Waals surface area (Å²) in [7, 11) is 0. The zero-order valence-corrected chi connectivity index (χ0v) is 23.8. The quantitative estimate of drug-likeness (QED) is 0.405. The number of piperazine rings is 1. The maximum atomic E-state index is 13.2. The molecule has 3 aromatic rings. The molecular formula is C33H33N7O3.